The van der Waals surface area contributed by atoms with E-state index in [1.807, 2.05) is 0 Å². The predicted octanol–water partition coefficient (Wildman–Crippen LogP) is 3.03. The second-order valence-corrected chi connectivity index (χ2v) is 5.38. The van der Waals surface area contributed by atoms with E-state index in [0.717, 1.165) is 19.3 Å². The maximum Gasteiger partial charge on any atom is 0.305 e. The fourth-order valence-electron chi connectivity index (χ4n) is 2.03. The number of esters is 1. The third kappa shape index (κ3) is 5.21. The molecule has 2 N–H and O–H groups in total. The number of carbonyl (C=O) groups excluding carboxylic acids is 1. The van der Waals surface area contributed by atoms with Crippen molar-refractivity contribution < 1.29 is 14.1 Å². The van der Waals surface area contributed by atoms with E-state index in [9.17, 15) is 4.79 Å². The topological polar surface area (TPSA) is 104 Å². The van der Waals surface area contributed by atoms with Crippen molar-refractivity contribution in [2.45, 2.75) is 39.0 Å². The van der Waals surface area contributed by atoms with E-state index >= 15 is 0 Å². The summed E-state index contributed by atoms with van der Waals surface area (Å²) in [6, 6.07) is 1.59. The zero-order valence-electron chi connectivity index (χ0n) is 12.9. The number of aromatic nitrogens is 3. The third-order valence-electron chi connectivity index (χ3n) is 3.12. The van der Waals surface area contributed by atoms with Crippen molar-refractivity contribution in [3.63, 3.8) is 0 Å². The summed E-state index contributed by atoms with van der Waals surface area (Å²) >= 11 is 6.07. The number of aryl methyl sites for hydroxylation is 1. The molecule has 23 heavy (non-hydrogen) atoms. The standard InChI is InChI=1S/C15H19ClN4O3/c1-2-22-13(21)7-5-3-4-6-12-19-15(20-23-12)14-11(16)8-10(17)9-18-14/h8-9H,2-7,17H2,1H3. The minimum absolute atomic E-state index is 0.156. The van der Waals surface area contributed by atoms with Gasteiger partial charge >= 0.3 is 5.97 Å². The molecule has 2 aromatic rings. The van der Waals surface area contributed by atoms with Crippen molar-refractivity contribution in [3.8, 4) is 11.5 Å². The van der Waals surface area contributed by atoms with Gasteiger partial charge < -0.3 is 15.0 Å². The minimum atomic E-state index is -0.156. The van der Waals surface area contributed by atoms with Gasteiger partial charge in [0.2, 0.25) is 11.7 Å². The molecule has 2 rings (SSSR count). The number of halogens is 1. The Morgan fingerprint density at radius 2 is 2.22 bits per heavy atom. The fourth-order valence-corrected chi connectivity index (χ4v) is 2.28. The highest BCUT2D eigenvalue weighted by molar-refractivity contribution is 6.33. The molecule has 7 nitrogen and oxygen atoms in total. The quantitative estimate of drug-likeness (QED) is 0.582. The van der Waals surface area contributed by atoms with Gasteiger partial charge in [-0.05, 0) is 25.8 Å². The summed E-state index contributed by atoms with van der Waals surface area (Å²) in [7, 11) is 0. The molecule has 0 aliphatic rings. The number of pyridine rings is 1. The molecule has 124 valence electrons. The van der Waals surface area contributed by atoms with E-state index in [2.05, 4.69) is 15.1 Å². The Morgan fingerprint density at radius 3 is 2.96 bits per heavy atom. The summed E-state index contributed by atoms with van der Waals surface area (Å²) in [4.78, 5) is 19.6. The third-order valence-corrected chi connectivity index (χ3v) is 3.41. The Kier molecular flexibility index (Phi) is 6.34. The lowest BCUT2D eigenvalue weighted by molar-refractivity contribution is -0.143. The summed E-state index contributed by atoms with van der Waals surface area (Å²) in [5, 5.41) is 4.26. The SMILES string of the molecule is CCOC(=O)CCCCCc1nc(-c2ncc(N)cc2Cl)no1. The molecule has 0 saturated heterocycles. The van der Waals surface area contributed by atoms with E-state index in [4.69, 9.17) is 26.6 Å². The fraction of sp³-hybridized carbons (Fsp3) is 0.467. The average molecular weight is 339 g/mol. The van der Waals surface area contributed by atoms with Crippen LogP contribution in [-0.4, -0.2) is 27.7 Å². The number of hydrogen-bond donors (Lipinski definition) is 1. The normalized spacial score (nSPS) is 10.7. The van der Waals surface area contributed by atoms with Gasteiger partial charge in [-0.3, -0.25) is 4.79 Å². The van der Waals surface area contributed by atoms with Crippen LogP contribution in [0.1, 0.15) is 38.5 Å². The van der Waals surface area contributed by atoms with Crippen molar-refractivity contribution in [2.24, 2.45) is 0 Å². The summed E-state index contributed by atoms with van der Waals surface area (Å²) in [6.07, 6.45) is 5.09. The Bertz CT molecular complexity index is 660. The number of anilines is 1. The van der Waals surface area contributed by atoms with E-state index in [-0.39, 0.29) is 5.97 Å². The highest BCUT2D eigenvalue weighted by atomic mass is 35.5. The van der Waals surface area contributed by atoms with Crippen molar-refractivity contribution in [1.29, 1.82) is 0 Å². The lowest BCUT2D eigenvalue weighted by Crippen LogP contribution is -2.03. The molecule has 2 heterocycles. The van der Waals surface area contributed by atoms with Gasteiger partial charge in [0.1, 0.15) is 5.69 Å². The first kappa shape index (κ1) is 17.2. The minimum Gasteiger partial charge on any atom is -0.466 e. The van der Waals surface area contributed by atoms with Crippen LogP contribution in [0.5, 0.6) is 0 Å². The smallest absolute Gasteiger partial charge is 0.305 e. The molecular formula is C15H19ClN4O3. The molecule has 0 atom stereocenters. The Labute approximate surface area is 139 Å². The van der Waals surface area contributed by atoms with Gasteiger partial charge in [0.15, 0.2) is 0 Å². The Morgan fingerprint density at radius 1 is 1.39 bits per heavy atom. The van der Waals surface area contributed by atoms with E-state index in [1.165, 1.54) is 6.20 Å². The number of hydrogen-bond acceptors (Lipinski definition) is 7. The molecule has 0 radical (unpaired) electrons. The van der Waals surface area contributed by atoms with Gasteiger partial charge in [0.05, 0.1) is 23.5 Å². The van der Waals surface area contributed by atoms with Crippen molar-refractivity contribution in [2.75, 3.05) is 12.3 Å². The molecule has 2 aromatic heterocycles. The number of nitrogens with two attached hydrogens (primary N) is 1. The average Bonchev–Trinajstić information content (AvgIpc) is 2.95. The second-order valence-electron chi connectivity index (χ2n) is 4.98. The first-order valence-electron chi connectivity index (χ1n) is 7.49. The zero-order chi connectivity index (χ0) is 16.7. The summed E-state index contributed by atoms with van der Waals surface area (Å²) in [5.74, 6) is 0.707. The molecule has 0 unspecified atom stereocenters. The van der Waals surface area contributed by atoms with Crippen LogP contribution >= 0.6 is 11.6 Å². The van der Waals surface area contributed by atoms with Gasteiger partial charge in [-0.1, -0.05) is 23.2 Å². The van der Waals surface area contributed by atoms with Crippen molar-refractivity contribution in [1.82, 2.24) is 15.1 Å². The maximum absolute atomic E-state index is 11.2. The zero-order valence-corrected chi connectivity index (χ0v) is 13.7. The molecule has 0 aromatic carbocycles. The highest BCUT2D eigenvalue weighted by Crippen LogP contribution is 2.25. The number of rotatable bonds is 8. The lowest BCUT2D eigenvalue weighted by atomic mass is 10.1. The maximum atomic E-state index is 11.2. The monoisotopic (exact) mass is 338 g/mol. The molecular weight excluding hydrogens is 320 g/mol. The number of nitrogen functional groups attached to an aromatic ring is 1. The number of ether oxygens (including phenoxy) is 1. The first-order chi connectivity index (χ1) is 11.1. The van der Waals surface area contributed by atoms with E-state index in [0.29, 0.717) is 47.6 Å². The lowest BCUT2D eigenvalue weighted by Gasteiger charge is -2.00. The Hall–Kier alpha value is -2.15. The van der Waals surface area contributed by atoms with Crippen LogP contribution in [0.25, 0.3) is 11.5 Å². The molecule has 0 saturated carbocycles. The van der Waals surface area contributed by atoms with Gasteiger partial charge in [-0.15, -0.1) is 0 Å². The number of nitrogens with zero attached hydrogens (tertiary/aromatic N) is 3. The molecule has 0 aliphatic heterocycles. The van der Waals surface area contributed by atoms with Crippen molar-refractivity contribution in [3.05, 3.63) is 23.2 Å². The summed E-state index contributed by atoms with van der Waals surface area (Å²) < 4.78 is 10.1. The first-order valence-corrected chi connectivity index (χ1v) is 7.87. The van der Waals surface area contributed by atoms with E-state index in [1.54, 1.807) is 13.0 Å². The molecule has 0 bridgehead atoms. The summed E-state index contributed by atoms with van der Waals surface area (Å²) in [6.45, 7) is 2.22. The molecule has 0 spiro atoms. The van der Waals surface area contributed by atoms with Gasteiger partial charge in [0.25, 0.3) is 0 Å². The number of unbranched alkanes of at least 4 members (excludes halogenated alkanes) is 2. The van der Waals surface area contributed by atoms with Crippen LogP contribution in [0, 0.1) is 0 Å². The van der Waals surface area contributed by atoms with Crippen LogP contribution in [0.4, 0.5) is 5.69 Å². The Balaban J connectivity index is 1.80. The van der Waals surface area contributed by atoms with E-state index < -0.39 is 0 Å². The number of carbonyl (C=O) groups is 1. The molecule has 8 heteroatoms. The molecule has 0 aliphatic carbocycles. The largest absolute Gasteiger partial charge is 0.466 e. The van der Waals surface area contributed by atoms with Gasteiger partial charge in [-0.2, -0.15) is 4.98 Å². The molecule has 0 amide bonds. The summed E-state index contributed by atoms with van der Waals surface area (Å²) in [5.41, 5.74) is 6.52. The van der Waals surface area contributed by atoms with Gasteiger partial charge in [0, 0.05) is 12.8 Å². The van der Waals surface area contributed by atoms with Crippen LogP contribution in [-0.2, 0) is 16.0 Å². The van der Waals surface area contributed by atoms with Crippen LogP contribution in [0.2, 0.25) is 5.02 Å². The highest BCUT2D eigenvalue weighted by Gasteiger charge is 2.13. The predicted molar refractivity (Wildman–Crippen MR) is 85.8 cm³/mol. The van der Waals surface area contributed by atoms with Gasteiger partial charge in [-0.25, -0.2) is 4.98 Å². The van der Waals surface area contributed by atoms with Crippen LogP contribution < -0.4 is 5.73 Å². The molecule has 0 fully saturated rings. The van der Waals surface area contributed by atoms with Crippen molar-refractivity contribution >= 4 is 23.3 Å². The van der Waals surface area contributed by atoms with Crippen LogP contribution in [0.15, 0.2) is 16.8 Å². The van der Waals surface area contributed by atoms with Crippen LogP contribution in [0.3, 0.4) is 0 Å². The second kappa shape index (κ2) is 8.47.